The van der Waals surface area contributed by atoms with E-state index in [9.17, 15) is 43.5 Å². The number of aliphatic hydroxyl groups is 2. The Kier molecular flexibility index (Phi) is 64.5. The van der Waals surface area contributed by atoms with Crippen LogP contribution in [0.2, 0.25) is 0 Å². The van der Waals surface area contributed by atoms with E-state index in [1.807, 2.05) is 0 Å². The number of rotatable bonds is 66. The molecule has 0 amide bonds. The largest absolute Gasteiger partial charge is 0.472 e. The molecule has 5 atom stereocenters. The van der Waals surface area contributed by atoms with E-state index in [1.165, 1.54) is 38.5 Å². The molecule has 0 radical (unpaired) electrons. The van der Waals surface area contributed by atoms with E-state index in [1.54, 1.807) is 0 Å². The van der Waals surface area contributed by atoms with Crippen LogP contribution in [0, 0.1) is 0 Å². The molecule has 0 aromatic heterocycles. The maximum Gasteiger partial charge on any atom is 0.472 e. The van der Waals surface area contributed by atoms with Gasteiger partial charge in [-0.05, 0) is 135 Å². The van der Waals surface area contributed by atoms with Gasteiger partial charge in [0.2, 0.25) is 0 Å². The van der Waals surface area contributed by atoms with Crippen molar-refractivity contribution >= 4 is 33.6 Å². The molecule has 18 heteroatoms. The van der Waals surface area contributed by atoms with Crippen LogP contribution in [0.3, 0.4) is 0 Å². The highest BCUT2D eigenvalue weighted by Crippen LogP contribution is 2.45. The smallest absolute Gasteiger partial charge is 0.463 e. The van der Waals surface area contributed by atoms with E-state index >= 15 is 0 Å². The van der Waals surface area contributed by atoms with Gasteiger partial charge in [-0.3, -0.25) is 32.5 Å². The monoisotopic (exact) mass is 1340 g/mol. The topological polar surface area (TPSA) is 231 Å². The number of aliphatic hydroxyl groups excluding tert-OH is 2. The number of phosphoric acid groups is 2. The van der Waals surface area contributed by atoms with Crippen molar-refractivity contribution in [3.8, 4) is 0 Å². The number of unbranched alkanes of at least 4 members (excludes halogenated alkanes) is 21. The highest BCUT2D eigenvalue weighted by molar-refractivity contribution is 7.47. The Balaban J connectivity index is 4.57. The maximum atomic E-state index is 12.9. The average molecular weight is 1350 g/mol. The van der Waals surface area contributed by atoms with Crippen molar-refractivity contribution in [1.82, 2.24) is 0 Å². The average Bonchev–Trinajstić information content (AvgIpc) is 3.71. The molecule has 0 fully saturated rings. The molecule has 0 aliphatic carbocycles. The minimum atomic E-state index is -4.93. The van der Waals surface area contributed by atoms with Gasteiger partial charge >= 0.3 is 33.6 Å². The van der Waals surface area contributed by atoms with Gasteiger partial charge in [0.25, 0.3) is 0 Å². The highest BCUT2D eigenvalue weighted by Gasteiger charge is 2.29. The number of carbonyl (C=O) groups is 3. The molecular formula is C75H126O16P2. The van der Waals surface area contributed by atoms with Crippen molar-refractivity contribution < 1.29 is 75.8 Å². The second-order valence-electron chi connectivity index (χ2n) is 23.3. The van der Waals surface area contributed by atoms with Crippen LogP contribution in [-0.4, -0.2) is 95.9 Å². The first-order valence-electron chi connectivity index (χ1n) is 35.5. The molecule has 0 aromatic rings. The van der Waals surface area contributed by atoms with Crippen molar-refractivity contribution in [2.75, 3.05) is 39.6 Å². The highest BCUT2D eigenvalue weighted by atomic mass is 31.2. The van der Waals surface area contributed by atoms with E-state index in [2.05, 4.69) is 154 Å². The third kappa shape index (κ3) is 68.9. The van der Waals surface area contributed by atoms with E-state index in [4.69, 9.17) is 32.3 Å². The zero-order chi connectivity index (χ0) is 68.1. The zero-order valence-corrected chi connectivity index (χ0v) is 59.4. The fourth-order valence-electron chi connectivity index (χ4n) is 8.97. The lowest BCUT2D eigenvalue weighted by molar-refractivity contribution is -0.161. The normalized spacial score (nSPS) is 15.0. The van der Waals surface area contributed by atoms with Gasteiger partial charge in [-0.15, -0.1) is 0 Å². The summed E-state index contributed by atoms with van der Waals surface area (Å²) in [6.45, 7) is 2.36. The maximum absolute atomic E-state index is 12.9. The van der Waals surface area contributed by atoms with Crippen LogP contribution in [0.1, 0.15) is 265 Å². The summed E-state index contributed by atoms with van der Waals surface area (Å²) in [6.07, 6.45) is 79.3. The Morgan fingerprint density at radius 2 is 0.570 bits per heavy atom. The Labute approximate surface area is 563 Å². The van der Waals surface area contributed by atoms with Crippen LogP contribution in [0.4, 0.5) is 0 Å². The molecule has 0 saturated carbocycles. The quantitative estimate of drug-likeness (QED) is 0.0146. The van der Waals surface area contributed by atoms with Crippen molar-refractivity contribution in [2.45, 2.75) is 283 Å². The van der Waals surface area contributed by atoms with E-state index in [0.717, 1.165) is 167 Å². The minimum Gasteiger partial charge on any atom is -0.463 e. The summed E-state index contributed by atoms with van der Waals surface area (Å²) >= 11 is 0. The van der Waals surface area contributed by atoms with Crippen LogP contribution < -0.4 is 0 Å². The van der Waals surface area contributed by atoms with Crippen molar-refractivity contribution in [3.05, 3.63) is 134 Å². The zero-order valence-electron chi connectivity index (χ0n) is 57.6. The lowest BCUT2D eigenvalue weighted by Crippen LogP contribution is -2.30. The van der Waals surface area contributed by atoms with Gasteiger partial charge in [0.05, 0.1) is 26.4 Å². The van der Waals surface area contributed by atoms with Crippen LogP contribution in [0.5, 0.6) is 0 Å². The fraction of sp³-hybridized carbons (Fsp3) is 0.667. The molecule has 0 aliphatic heterocycles. The number of allylic oxidation sites excluding steroid dienone is 22. The van der Waals surface area contributed by atoms with Crippen molar-refractivity contribution in [1.29, 1.82) is 0 Å². The summed E-state index contributed by atoms with van der Waals surface area (Å²) in [5.41, 5.74) is 0. The summed E-state index contributed by atoms with van der Waals surface area (Å²) in [4.78, 5) is 58.4. The molecule has 16 nitrogen and oxygen atoms in total. The number of phosphoric ester groups is 2. The van der Waals surface area contributed by atoms with Crippen molar-refractivity contribution in [3.63, 3.8) is 0 Å². The standard InChI is InChI=1S/C75H126O16P2/c1-4-7-10-13-16-19-22-25-28-29-30-31-32-33-34-35-36-37-38-39-42-44-46-49-52-55-58-61-73(78)85-64-70(76)65-87-92(81,82)88-66-71(77)67-89-93(83,84)90-69-72(91-75(80)63-60-57-54-51-48-45-41-27-24-21-18-15-12-9-6-3)68-86-74(79)62-59-56-53-50-47-43-40-26-23-20-17-14-11-8-5-2/h7-8,10-11,16-21,25-28,30-31,33-34,36-37,40-41,70-72,76-77H,4-6,9,12-15,22-24,29,32,35,38-39,42-69H2,1-3H3,(H,81,82)(H,83,84)/b10-7-,11-8-,19-16-,20-17-,21-18-,28-25-,31-30-,34-33-,37-36-,40-26-,41-27-. The SMILES string of the molecule is CC/C=C\C/C=C\C/C=C\C/C=C\C/C=C\C/C=C\CCCCCCCCCCC(=O)OCC(O)COP(=O)(O)OCC(O)COP(=O)(O)OCC(COC(=O)CCCCCCC/C=C\C/C=C\C/C=C\CC)OC(=O)CCCCCCC/C=C\C/C=C\CCCCC. The molecule has 0 heterocycles. The summed E-state index contributed by atoms with van der Waals surface area (Å²) in [5, 5.41) is 20.6. The van der Waals surface area contributed by atoms with Gasteiger partial charge in [0, 0.05) is 19.3 Å². The Morgan fingerprint density at radius 3 is 0.903 bits per heavy atom. The molecule has 4 N–H and O–H groups in total. The second-order valence-corrected chi connectivity index (χ2v) is 26.2. The van der Waals surface area contributed by atoms with Crippen molar-refractivity contribution in [2.24, 2.45) is 0 Å². The van der Waals surface area contributed by atoms with Crippen LogP contribution >= 0.6 is 15.6 Å². The van der Waals surface area contributed by atoms with Crippen LogP contribution in [0.15, 0.2) is 134 Å². The van der Waals surface area contributed by atoms with Crippen LogP contribution in [0.25, 0.3) is 0 Å². The molecule has 5 unspecified atom stereocenters. The van der Waals surface area contributed by atoms with Gasteiger partial charge in [0.15, 0.2) is 6.10 Å². The van der Waals surface area contributed by atoms with Gasteiger partial charge < -0.3 is 34.2 Å². The Morgan fingerprint density at radius 1 is 0.312 bits per heavy atom. The molecule has 532 valence electrons. The van der Waals surface area contributed by atoms with E-state index < -0.39 is 91.5 Å². The van der Waals surface area contributed by atoms with Gasteiger partial charge in [-0.1, -0.05) is 244 Å². The van der Waals surface area contributed by atoms with Gasteiger partial charge in [-0.25, -0.2) is 9.13 Å². The van der Waals surface area contributed by atoms with E-state index in [-0.39, 0.29) is 19.3 Å². The second kappa shape index (κ2) is 67.7. The molecule has 0 saturated heterocycles. The predicted octanol–water partition coefficient (Wildman–Crippen LogP) is 20.0. The van der Waals surface area contributed by atoms with Crippen LogP contribution in [-0.2, 0) is 55.8 Å². The number of esters is 3. The lowest BCUT2D eigenvalue weighted by Gasteiger charge is -2.21. The summed E-state index contributed by atoms with van der Waals surface area (Å²) in [5.74, 6) is -1.62. The summed E-state index contributed by atoms with van der Waals surface area (Å²) in [7, 11) is -9.79. The first-order valence-corrected chi connectivity index (χ1v) is 38.5. The number of ether oxygens (including phenoxy) is 3. The Bertz CT molecular complexity index is 2230. The molecular weight excluding hydrogens is 1220 g/mol. The first kappa shape index (κ1) is 88.7. The van der Waals surface area contributed by atoms with Gasteiger partial charge in [-0.2, -0.15) is 0 Å². The Hall–Kier alpha value is -4.31. The number of carbonyl (C=O) groups excluding carboxylic acids is 3. The fourth-order valence-corrected chi connectivity index (χ4v) is 10.6. The molecule has 0 aliphatic rings. The molecule has 0 rings (SSSR count). The lowest BCUT2D eigenvalue weighted by atomic mass is 10.1. The number of hydrogen-bond donors (Lipinski definition) is 4. The molecule has 0 bridgehead atoms. The summed E-state index contributed by atoms with van der Waals surface area (Å²) in [6, 6.07) is 0. The first-order chi connectivity index (χ1) is 45.2. The molecule has 0 spiro atoms. The predicted molar refractivity (Wildman–Crippen MR) is 380 cm³/mol. The number of hydrogen-bond acceptors (Lipinski definition) is 14. The van der Waals surface area contributed by atoms with Gasteiger partial charge in [0.1, 0.15) is 25.4 Å². The molecule has 93 heavy (non-hydrogen) atoms. The third-order valence-electron chi connectivity index (χ3n) is 14.3. The third-order valence-corrected chi connectivity index (χ3v) is 16.2. The summed E-state index contributed by atoms with van der Waals surface area (Å²) < 4.78 is 60.9. The minimum absolute atomic E-state index is 0.0817. The van der Waals surface area contributed by atoms with E-state index in [0.29, 0.717) is 19.3 Å². The molecule has 0 aromatic carbocycles.